The molecular formula is C21H19ClN2O3. The Hall–Kier alpha value is -3.05. The highest BCUT2D eigenvalue weighted by Gasteiger charge is 2.07. The number of ether oxygens (including phenoxy) is 1. The van der Waals surface area contributed by atoms with E-state index in [9.17, 15) is 4.79 Å². The molecule has 0 atom stereocenters. The largest absolute Gasteiger partial charge is 0.483 e. The molecule has 138 valence electrons. The molecule has 2 aromatic carbocycles. The topological polar surface area (TPSA) is 63.8 Å². The lowest BCUT2D eigenvalue weighted by atomic mass is 10.1. The van der Waals surface area contributed by atoms with Crippen LogP contribution in [0.2, 0.25) is 5.02 Å². The highest BCUT2D eigenvalue weighted by molar-refractivity contribution is 6.30. The Bertz CT molecular complexity index is 942. The predicted octanol–water partition coefficient (Wildman–Crippen LogP) is 4.75. The average Bonchev–Trinajstić information content (AvgIpc) is 3.11. The fourth-order valence-corrected chi connectivity index (χ4v) is 2.68. The van der Waals surface area contributed by atoms with E-state index in [-0.39, 0.29) is 12.5 Å². The maximum atomic E-state index is 11.9. The van der Waals surface area contributed by atoms with Crippen LogP contribution in [-0.4, -0.2) is 18.7 Å². The van der Waals surface area contributed by atoms with Gasteiger partial charge >= 0.3 is 0 Å². The van der Waals surface area contributed by atoms with Crippen molar-refractivity contribution in [2.45, 2.75) is 13.8 Å². The van der Waals surface area contributed by atoms with Crippen LogP contribution in [0.4, 0.5) is 0 Å². The normalized spacial score (nSPS) is 10.9. The minimum atomic E-state index is -0.349. The first-order chi connectivity index (χ1) is 13.0. The summed E-state index contributed by atoms with van der Waals surface area (Å²) in [7, 11) is 0. The Kier molecular flexibility index (Phi) is 5.94. The van der Waals surface area contributed by atoms with Crippen LogP contribution in [0.3, 0.4) is 0 Å². The van der Waals surface area contributed by atoms with Gasteiger partial charge in [0.15, 0.2) is 6.61 Å². The lowest BCUT2D eigenvalue weighted by Gasteiger charge is -2.10. The molecule has 1 aromatic heterocycles. The summed E-state index contributed by atoms with van der Waals surface area (Å²) in [5.41, 5.74) is 5.30. The molecule has 3 aromatic rings. The van der Waals surface area contributed by atoms with Crippen molar-refractivity contribution in [3.63, 3.8) is 0 Å². The summed E-state index contributed by atoms with van der Waals surface area (Å²) in [6.45, 7) is 3.76. The molecule has 27 heavy (non-hydrogen) atoms. The van der Waals surface area contributed by atoms with Gasteiger partial charge in [0.1, 0.15) is 17.3 Å². The number of amides is 1. The summed E-state index contributed by atoms with van der Waals surface area (Å²) in [6, 6.07) is 16.8. The van der Waals surface area contributed by atoms with Gasteiger partial charge in [-0.2, -0.15) is 5.10 Å². The van der Waals surface area contributed by atoms with E-state index in [1.807, 2.05) is 50.2 Å². The standard InChI is InChI=1S/C21H19ClN2O3/c1-14-4-3-5-15(2)21(14)26-13-20(25)24-23-12-18-10-11-19(27-18)16-6-8-17(22)9-7-16/h3-12H,13H2,1-2H3,(H,24,25). The van der Waals surface area contributed by atoms with Crippen LogP contribution in [0.15, 0.2) is 64.1 Å². The molecular weight excluding hydrogens is 364 g/mol. The molecule has 0 spiro atoms. The summed E-state index contributed by atoms with van der Waals surface area (Å²) in [6.07, 6.45) is 1.44. The van der Waals surface area contributed by atoms with Crippen molar-refractivity contribution >= 4 is 23.7 Å². The molecule has 6 heteroatoms. The molecule has 0 aliphatic heterocycles. The number of hydrogen-bond donors (Lipinski definition) is 1. The molecule has 0 saturated heterocycles. The Morgan fingerprint density at radius 2 is 1.81 bits per heavy atom. The van der Waals surface area contributed by atoms with Crippen molar-refractivity contribution in [2.75, 3.05) is 6.61 Å². The van der Waals surface area contributed by atoms with Gasteiger partial charge in [-0.05, 0) is 61.4 Å². The third kappa shape index (κ3) is 4.99. The summed E-state index contributed by atoms with van der Waals surface area (Å²) in [5.74, 6) is 1.59. The van der Waals surface area contributed by atoms with Crippen LogP contribution in [0, 0.1) is 13.8 Å². The average molecular weight is 383 g/mol. The predicted molar refractivity (Wildman–Crippen MR) is 106 cm³/mol. The van der Waals surface area contributed by atoms with Gasteiger partial charge in [-0.25, -0.2) is 5.43 Å². The quantitative estimate of drug-likeness (QED) is 0.494. The fraction of sp³-hybridized carbons (Fsp3) is 0.143. The lowest BCUT2D eigenvalue weighted by Crippen LogP contribution is -2.24. The Morgan fingerprint density at radius 1 is 1.11 bits per heavy atom. The number of hydrogen-bond acceptors (Lipinski definition) is 4. The Labute approximate surface area is 162 Å². The van der Waals surface area contributed by atoms with Crippen molar-refractivity contribution in [3.8, 4) is 17.1 Å². The Balaban J connectivity index is 1.53. The summed E-state index contributed by atoms with van der Waals surface area (Å²) in [5, 5.41) is 4.57. The molecule has 1 amide bonds. The van der Waals surface area contributed by atoms with Crippen LogP contribution in [0.1, 0.15) is 16.9 Å². The van der Waals surface area contributed by atoms with Crippen molar-refractivity contribution in [1.82, 2.24) is 5.43 Å². The number of carbonyl (C=O) groups excluding carboxylic acids is 1. The van der Waals surface area contributed by atoms with Crippen molar-refractivity contribution in [1.29, 1.82) is 0 Å². The van der Waals surface area contributed by atoms with E-state index in [2.05, 4.69) is 10.5 Å². The molecule has 1 heterocycles. The number of halogens is 1. The van der Waals surface area contributed by atoms with Gasteiger partial charge < -0.3 is 9.15 Å². The van der Waals surface area contributed by atoms with E-state index < -0.39 is 0 Å². The fourth-order valence-electron chi connectivity index (χ4n) is 2.56. The van der Waals surface area contributed by atoms with E-state index in [0.717, 1.165) is 22.4 Å². The van der Waals surface area contributed by atoms with E-state index in [4.69, 9.17) is 20.8 Å². The number of aryl methyl sites for hydroxylation is 2. The van der Waals surface area contributed by atoms with Crippen LogP contribution < -0.4 is 10.2 Å². The number of nitrogens with zero attached hydrogens (tertiary/aromatic N) is 1. The zero-order valence-corrected chi connectivity index (χ0v) is 15.8. The van der Waals surface area contributed by atoms with Crippen molar-refractivity contribution in [3.05, 3.63) is 76.5 Å². The summed E-state index contributed by atoms with van der Waals surface area (Å²) in [4.78, 5) is 11.9. The van der Waals surface area contributed by atoms with E-state index in [1.165, 1.54) is 6.21 Å². The third-order valence-electron chi connectivity index (χ3n) is 3.89. The second-order valence-corrected chi connectivity index (χ2v) is 6.45. The highest BCUT2D eigenvalue weighted by Crippen LogP contribution is 2.23. The van der Waals surface area contributed by atoms with Gasteiger partial charge in [-0.15, -0.1) is 0 Å². The van der Waals surface area contributed by atoms with E-state index in [0.29, 0.717) is 16.5 Å². The van der Waals surface area contributed by atoms with E-state index in [1.54, 1.807) is 18.2 Å². The molecule has 0 aliphatic rings. The van der Waals surface area contributed by atoms with Gasteiger partial charge in [-0.3, -0.25) is 4.79 Å². The van der Waals surface area contributed by atoms with Gasteiger partial charge in [-0.1, -0.05) is 29.8 Å². The lowest BCUT2D eigenvalue weighted by molar-refractivity contribution is -0.123. The molecule has 3 rings (SSSR count). The zero-order valence-electron chi connectivity index (χ0n) is 15.0. The monoisotopic (exact) mass is 382 g/mol. The van der Waals surface area contributed by atoms with Gasteiger partial charge in [0.05, 0.1) is 6.21 Å². The number of furan rings is 1. The minimum absolute atomic E-state index is 0.114. The van der Waals surface area contributed by atoms with Crippen molar-refractivity contribution < 1.29 is 13.9 Å². The van der Waals surface area contributed by atoms with Gasteiger partial charge in [0.2, 0.25) is 0 Å². The summed E-state index contributed by atoms with van der Waals surface area (Å²) >= 11 is 5.88. The number of rotatable bonds is 6. The first-order valence-electron chi connectivity index (χ1n) is 8.39. The van der Waals surface area contributed by atoms with E-state index >= 15 is 0 Å². The number of para-hydroxylation sites is 1. The van der Waals surface area contributed by atoms with Crippen molar-refractivity contribution in [2.24, 2.45) is 5.10 Å². The third-order valence-corrected chi connectivity index (χ3v) is 4.14. The smallest absolute Gasteiger partial charge is 0.277 e. The number of hydrazone groups is 1. The second kappa shape index (κ2) is 8.56. The number of carbonyl (C=O) groups is 1. The zero-order chi connectivity index (χ0) is 19.2. The maximum Gasteiger partial charge on any atom is 0.277 e. The number of benzene rings is 2. The molecule has 5 nitrogen and oxygen atoms in total. The summed E-state index contributed by atoms with van der Waals surface area (Å²) < 4.78 is 11.3. The highest BCUT2D eigenvalue weighted by atomic mass is 35.5. The molecule has 0 fully saturated rings. The van der Waals surface area contributed by atoms with Gasteiger partial charge in [0.25, 0.3) is 5.91 Å². The molecule has 0 aliphatic carbocycles. The molecule has 0 saturated carbocycles. The number of nitrogens with one attached hydrogen (secondary N) is 1. The van der Waals surface area contributed by atoms with Crippen LogP contribution in [0.25, 0.3) is 11.3 Å². The SMILES string of the molecule is Cc1cccc(C)c1OCC(=O)NN=Cc1ccc(-c2ccc(Cl)cc2)o1. The second-order valence-electron chi connectivity index (χ2n) is 6.01. The van der Waals surface area contributed by atoms with Gasteiger partial charge in [0, 0.05) is 10.6 Å². The first kappa shape index (κ1) is 18.7. The molecule has 0 radical (unpaired) electrons. The minimum Gasteiger partial charge on any atom is -0.483 e. The first-order valence-corrected chi connectivity index (χ1v) is 8.77. The molecule has 1 N–H and O–H groups in total. The van der Waals surface area contributed by atoms with Crippen LogP contribution in [0.5, 0.6) is 5.75 Å². The van der Waals surface area contributed by atoms with Crippen LogP contribution in [-0.2, 0) is 4.79 Å². The molecule has 0 unspecified atom stereocenters. The maximum absolute atomic E-state index is 11.9. The molecule has 0 bridgehead atoms. The Morgan fingerprint density at radius 3 is 2.52 bits per heavy atom. The van der Waals surface area contributed by atoms with Crippen LogP contribution >= 0.6 is 11.6 Å².